The number of rotatable bonds is 2. The minimum Gasteiger partial charge on any atom is -0.465 e. The maximum atomic E-state index is 11.7. The molecular formula is C12H16ClNO2. The average molecular weight is 242 g/mol. The number of fused-ring (bicyclic) bond motifs is 1. The summed E-state index contributed by atoms with van der Waals surface area (Å²) in [4.78, 5) is 11.7. The van der Waals surface area contributed by atoms with E-state index in [1.807, 2.05) is 24.3 Å². The maximum absolute atomic E-state index is 11.7. The molecule has 0 aromatic heterocycles. The molecule has 0 bridgehead atoms. The lowest BCUT2D eigenvalue weighted by Gasteiger charge is -2.20. The van der Waals surface area contributed by atoms with Crippen molar-refractivity contribution in [2.24, 2.45) is 5.73 Å². The van der Waals surface area contributed by atoms with E-state index in [-0.39, 0.29) is 18.4 Å². The molecule has 1 aromatic carbocycles. The van der Waals surface area contributed by atoms with Crippen molar-refractivity contribution in [2.45, 2.75) is 25.3 Å². The van der Waals surface area contributed by atoms with Gasteiger partial charge in [-0.1, -0.05) is 24.3 Å². The van der Waals surface area contributed by atoms with Gasteiger partial charge >= 0.3 is 5.97 Å². The molecule has 3 nitrogen and oxygen atoms in total. The Balaban J connectivity index is 0.00000128. The molecule has 0 fully saturated rings. The number of hydrogen-bond donors (Lipinski definition) is 1. The van der Waals surface area contributed by atoms with Crippen LogP contribution >= 0.6 is 12.4 Å². The third kappa shape index (κ3) is 2.20. The fourth-order valence-corrected chi connectivity index (χ4v) is 2.06. The zero-order valence-corrected chi connectivity index (χ0v) is 10.0. The molecule has 4 heteroatoms. The molecule has 0 amide bonds. The molecule has 1 aliphatic carbocycles. The number of esters is 1. The SMILES string of the molecule is CCOC(=O)C1(N)Cc2ccccc2C1.Cl. The van der Waals surface area contributed by atoms with Crippen molar-refractivity contribution >= 4 is 18.4 Å². The van der Waals surface area contributed by atoms with Crippen LogP contribution in [0.25, 0.3) is 0 Å². The second kappa shape index (κ2) is 4.85. The number of nitrogens with two attached hydrogens (primary N) is 1. The Morgan fingerprint density at radius 2 is 1.88 bits per heavy atom. The fourth-order valence-electron chi connectivity index (χ4n) is 2.06. The first-order chi connectivity index (χ1) is 7.15. The zero-order chi connectivity index (χ0) is 10.9. The van der Waals surface area contributed by atoms with Crippen LogP contribution in [0.3, 0.4) is 0 Å². The highest BCUT2D eigenvalue weighted by molar-refractivity contribution is 5.85. The van der Waals surface area contributed by atoms with Gasteiger partial charge in [-0.3, -0.25) is 4.79 Å². The third-order valence-electron chi connectivity index (χ3n) is 2.81. The number of ether oxygens (including phenoxy) is 1. The van der Waals surface area contributed by atoms with Crippen molar-refractivity contribution in [1.82, 2.24) is 0 Å². The molecule has 2 N–H and O–H groups in total. The van der Waals surface area contributed by atoms with Crippen LogP contribution in [0.1, 0.15) is 18.1 Å². The molecule has 88 valence electrons. The summed E-state index contributed by atoms with van der Waals surface area (Å²) in [6.07, 6.45) is 1.17. The monoisotopic (exact) mass is 241 g/mol. The van der Waals surface area contributed by atoms with Crippen LogP contribution in [0.2, 0.25) is 0 Å². The largest absolute Gasteiger partial charge is 0.465 e. The first kappa shape index (κ1) is 13.0. The summed E-state index contributed by atoms with van der Waals surface area (Å²) in [5, 5.41) is 0. The molecule has 0 saturated carbocycles. The van der Waals surface area contributed by atoms with Gasteiger partial charge in [-0.2, -0.15) is 0 Å². The molecule has 16 heavy (non-hydrogen) atoms. The lowest BCUT2D eigenvalue weighted by molar-refractivity contribution is -0.149. The van der Waals surface area contributed by atoms with Gasteiger partial charge in [0.15, 0.2) is 0 Å². The maximum Gasteiger partial charge on any atom is 0.326 e. The lowest BCUT2D eigenvalue weighted by Crippen LogP contribution is -2.50. The van der Waals surface area contributed by atoms with Crippen LogP contribution in [0, 0.1) is 0 Å². The number of hydrogen-bond acceptors (Lipinski definition) is 3. The number of carbonyl (C=O) groups is 1. The first-order valence-electron chi connectivity index (χ1n) is 5.18. The predicted octanol–water partition coefficient (Wildman–Crippen LogP) is 1.47. The van der Waals surface area contributed by atoms with E-state index in [9.17, 15) is 4.79 Å². The molecule has 0 saturated heterocycles. The van der Waals surface area contributed by atoms with Crippen LogP contribution in [-0.4, -0.2) is 18.1 Å². The molecule has 0 atom stereocenters. The number of carbonyl (C=O) groups excluding carboxylic acids is 1. The van der Waals surface area contributed by atoms with E-state index >= 15 is 0 Å². The Labute approximate surface area is 101 Å². The molecular weight excluding hydrogens is 226 g/mol. The van der Waals surface area contributed by atoms with Gasteiger partial charge in [-0.15, -0.1) is 12.4 Å². The highest BCUT2D eigenvalue weighted by atomic mass is 35.5. The van der Waals surface area contributed by atoms with Gasteiger partial charge in [-0.05, 0) is 18.1 Å². The Morgan fingerprint density at radius 3 is 2.31 bits per heavy atom. The summed E-state index contributed by atoms with van der Waals surface area (Å²) < 4.78 is 5.00. The molecule has 2 rings (SSSR count). The second-order valence-electron chi connectivity index (χ2n) is 4.00. The van der Waals surface area contributed by atoms with Gasteiger partial charge in [0.2, 0.25) is 0 Å². The van der Waals surface area contributed by atoms with Crippen molar-refractivity contribution in [1.29, 1.82) is 0 Å². The van der Waals surface area contributed by atoms with Crippen molar-refractivity contribution < 1.29 is 9.53 Å². The normalized spacial score (nSPS) is 16.1. The summed E-state index contributed by atoms with van der Waals surface area (Å²) in [7, 11) is 0. The van der Waals surface area contributed by atoms with Gasteiger partial charge in [0, 0.05) is 12.8 Å². The second-order valence-corrected chi connectivity index (χ2v) is 4.00. The van der Waals surface area contributed by atoms with Gasteiger partial charge in [0.25, 0.3) is 0 Å². The van der Waals surface area contributed by atoms with E-state index in [2.05, 4.69) is 0 Å². The highest BCUT2D eigenvalue weighted by Crippen LogP contribution is 2.28. The molecule has 0 heterocycles. The van der Waals surface area contributed by atoms with Crippen LogP contribution in [-0.2, 0) is 22.4 Å². The van der Waals surface area contributed by atoms with E-state index in [0.29, 0.717) is 19.4 Å². The van der Waals surface area contributed by atoms with Crippen molar-refractivity contribution in [3.05, 3.63) is 35.4 Å². The summed E-state index contributed by atoms with van der Waals surface area (Å²) >= 11 is 0. The van der Waals surface area contributed by atoms with E-state index in [0.717, 1.165) is 11.1 Å². The van der Waals surface area contributed by atoms with E-state index in [4.69, 9.17) is 10.5 Å². The van der Waals surface area contributed by atoms with Crippen molar-refractivity contribution in [2.75, 3.05) is 6.61 Å². The molecule has 0 unspecified atom stereocenters. The smallest absolute Gasteiger partial charge is 0.326 e. The van der Waals surface area contributed by atoms with E-state index in [1.54, 1.807) is 6.92 Å². The summed E-state index contributed by atoms with van der Waals surface area (Å²) in [5.74, 6) is -0.291. The minimum atomic E-state index is -0.848. The van der Waals surface area contributed by atoms with Gasteiger partial charge in [-0.25, -0.2) is 0 Å². The number of benzene rings is 1. The Kier molecular flexibility index (Phi) is 3.94. The van der Waals surface area contributed by atoms with Crippen LogP contribution in [0.4, 0.5) is 0 Å². The van der Waals surface area contributed by atoms with Gasteiger partial charge in [0.05, 0.1) is 6.61 Å². The molecule has 1 aromatic rings. The summed E-state index contributed by atoms with van der Waals surface area (Å²) in [6, 6.07) is 7.97. The van der Waals surface area contributed by atoms with Crippen LogP contribution < -0.4 is 5.73 Å². The van der Waals surface area contributed by atoms with Gasteiger partial charge in [0.1, 0.15) is 5.54 Å². The van der Waals surface area contributed by atoms with E-state index in [1.165, 1.54) is 0 Å². The number of halogens is 1. The third-order valence-corrected chi connectivity index (χ3v) is 2.81. The molecule has 0 radical (unpaired) electrons. The van der Waals surface area contributed by atoms with Gasteiger partial charge < -0.3 is 10.5 Å². The van der Waals surface area contributed by atoms with Crippen LogP contribution in [0.15, 0.2) is 24.3 Å². The summed E-state index contributed by atoms with van der Waals surface area (Å²) in [6.45, 7) is 2.18. The zero-order valence-electron chi connectivity index (χ0n) is 9.23. The Morgan fingerprint density at radius 1 is 1.38 bits per heavy atom. The van der Waals surface area contributed by atoms with Crippen molar-refractivity contribution in [3.63, 3.8) is 0 Å². The minimum absolute atomic E-state index is 0. The van der Waals surface area contributed by atoms with Crippen LogP contribution in [0.5, 0.6) is 0 Å². The highest BCUT2D eigenvalue weighted by Gasteiger charge is 2.41. The quantitative estimate of drug-likeness (QED) is 0.798. The average Bonchev–Trinajstić information content (AvgIpc) is 2.56. The predicted molar refractivity (Wildman–Crippen MR) is 64.6 cm³/mol. The lowest BCUT2D eigenvalue weighted by atomic mass is 9.98. The Hall–Kier alpha value is -1.06. The standard InChI is InChI=1S/C12H15NO2.ClH/c1-2-15-11(14)12(13)7-9-5-3-4-6-10(9)8-12;/h3-6H,2,7-8,13H2,1H3;1H. The molecule has 0 spiro atoms. The fraction of sp³-hybridized carbons (Fsp3) is 0.417. The van der Waals surface area contributed by atoms with Crippen molar-refractivity contribution in [3.8, 4) is 0 Å². The molecule has 1 aliphatic rings. The topological polar surface area (TPSA) is 52.3 Å². The Bertz CT molecular complexity index is 367. The first-order valence-corrected chi connectivity index (χ1v) is 5.18. The molecule has 0 aliphatic heterocycles. The van der Waals surface area contributed by atoms with E-state index < -0.39 is 5.54 Å². The summed E-state index contributed by atoms with van der Waals surface area (Å²) in [5.41, 5.74) is 7.54.